The van der Waals surface area contributed by atoms with Crippen molar-refractivity contribution in [2.75, 3.05) is 31.6 Å². The van der Waals surface area contributed by atoms with E-state index in [1.807, 2.05) is 30.3 Å². The van der Waals surface area contributed by atoms with E-state index in [1.54, 1.807) is 6.92 Å². The van der Waals surface area contributed by atoms with E-state index in [-0.39, 0.29) is 23.0 Å². The monoisotopic (exact) mass is 527 g/mol. The number of rotatable bonds is 11. The maximum absolute atomic E-state index is 13.7. The van der Waals surface area contributed by atoms with Crippen LogP contribution in [0, 0.1) is 5.82 Å². The summed E-state index contributed by atoms with van der Waals surface area (Å²) in [6, 6.07) is 19.2. The normalized spacial score (nSPS) is 11.9. The van der Waals surface area contributed by atoms with Gasteiger partial charge < -0.3 is 15.0 Å². The van der Waals surface area contributed by atoms with Crippen molar-refractivity contribution < 1.29 is 27.1 Å². The number of nitrogens with one attached hydrogen (secondary N) is 1. The minimum Gasteiger partial charge on any atom is -0.497 e. The fraction of sp³-hybridized carbons (Fsp3) is 0.259. The van der Waals surface area contributed by atoms with E-state index >= 15 is 0 Å². The van der Waals surface area contributed by atoms with Crippen LogP contribution in [0.15, 0.2) is 83.8 Å². The van der Waals surface area contributed by atoms with Crippen LogP contribution in [0.3, 0.4) is 0 Å². The number of nitrogens with zero attached hydrogens (tertiary/aromatic N) is 2. The van der Waals surface area contributed by atoms with E-state index < -0.39 is 34.3 Å². The summed E-state index contributed by atoms with van der Waals surface area (Å²) in [7, 11) is -1.30. The number of hydrogen-bond acceptors (Lipinski definition) is 5. The minimum atomic E-state index is -4.23. The van der Waals surface area contributed by atoms with Crippen LogP contribution in [0.25, 0.3) is 0 Å². The molecule has 10 heteroatoms. The number of likely N-dealkylation sites (N-methyl/N-ethyl adjacent to an activating group) is 1. The summed E-state index contributed by atoms with van der Waals surface area (Å²) >= 11 is 0. The van der Waals surface area contributed by atoms with Crippen molar-refractivity contribution in [3.05, 3.63) is 90.2 Å². The van der Waals surface area contributed by atoms with Gasteiger partial charge in [0.25, 0.3) is 10.0 Å². The lowest BCUT2D eigenvalue weighted by Crippen LogP contribution is -2.51. The van der Waals surface area contributed by atoms with Crippen LogP contribution in [0.5, 0.6) is 5.75 Å². The molecule has 0 saturated carbocycles. The van der Waals surface area contributed by atoms with Crippen LogP contribution < -0.4 is 14.4 Å². The Balaban J connectivity index is 1.96. The second-order valence-corrected chi connectivity index (χ2v) is 10.1. The summed E-state index contributed by atoms with van der Waals surface area (Å²) in [5.41, 5.74) is 1.08. The average Bonchev–Trinajstić information content (AvgIpc) is 2.92. The van der Waals surface area contributed by atoms with Gasteiger partial charge in [0.1, 0.15) is 24.2 Å². The Kier molecular flexibility index (Phi) is 9.24. The van der Waals surface area contributed by atoms with Crippen molar-refractivity contribution in [3.63, 3.8) is 0 Å². The van der Waals surface area contributed by atoms with Gasteiger partial charge in [0, 0.05) is 13.6 Å². The number of ether oxygens (including phenoxy) is 1. The lowest BCUT2D eigenvalue weighted by atomic mass is 10.1. The van der Waals surface area contributed by atoms with Crippen LogP contribution in [0.1, 0.15) is 12.5 Å². The van der Waals surface area contributed by atoms with Crippen molar-refractivity contribution in [1.82, 2.24) is 10.2 Å². The Morgan fingerprint density at radius 3 is 2.16 bits per heavy atom. The molecule has 0 radical (unpaired) electrons. The Hall–Kier alpha value is -3.92. The quantitative estimate of drug-likeness (QED) is 0.413. The highest BCUT2D eigenvalue weighted by Gasteiger charge is 2.32. The number of carbonyl (C=O) groups excluding carboxylic acids is 2. The van der Waals surface area contributed by atoms with Crippen molar-refractivity contribution >= 4 is 27.5 Å². The molecule has 1 N–H and O–H groups in total. The summed E-state index contributed by atoms with van der Waals surface area (Å²) in [5, 5.41) is 2.54. The first-order valence-electron chi connectivity index (χ1n) is 11.6. The van der Waals surface area contributed by atoms with Crippen LogP contribution >= 0.6 is 0 Å². The molecule has 1 atom stereocenters. The molecule has 0 bridgehead atoms. The fourth-order valence-corrected chi connectivity index (χ4v) is 5.20. The summed E-state index contributed by atoms with van der Waals surface area (Å²) in [6.07, 6.45) is 0.468. The van der Waals surface area contributed by atoms with Gasteiger partial charge >= 0.3 is 0 Å². The van der Waals surface area contributed by atoms with Gasteiger partial charge in [-0.2, -0.15) is 0 Å². The van der Waals surface area contributed by atoms with E-state index in [0.717, 1.165) is 22.0 Å². The maximum Gasteiger partial charge on any atom is 0.264 e. The zero-order chi connectivity index (χ0) is 27.0. The average molecular weight is 528 g/mol. The van der Waals surface area contributed by atoms with Crippen LogP contribution in [0.2, 0.25) is 0 Å². The highest BCUT2D eigenvalue weighted by Crippen LogP contribution is 2.26. The van der Waals surface area contributed by atoms with Crippen molar-refractivity contribution in [2.24, 2.45) is 0 Å². The van der Waals surface area contributed by atoms with Gasteiger partial charge in [0.05, 0.1) is 17.7 Å². The molecule has 3 aromatic carbocycles. The molecule has 0 saturated heterocycles. The SMILES string of the molecule is CNC(=O)[C@H](C)N(CCc1ccccc1)C(=O)CN(c1ccc(F)cc1)S(=O)(=O)c1ccc(OC)cc1. The molecule has 3 aromatic rings. The number of methoxy groups -OCH3 is 1. The van der Waals surface area contributed by atoms with Crippen LogP contribution in [-0.2, 0) is 26.0 Å². The van der Waals surface area contributed by atoms with E-state index in [1.165, 1.54) is 55.5 Å². The highest BCUT2D eigenvalue weighted by molar-refractivity contribution is 7.92. The molecule has 0 aromatic heterocycles. The lowest BCUT2D eigenvalue weighted by molar-refractivity contribution is -0.138. The number of anilines is 1. The number of benzene rings is 3. The van der Waals surface area contributed by atoms with Gasteiger partial charge in [0.15, 0.2) is 0 Å². The Morgan fingerprint density at radius 2 is 1.59 bits per heavy atom. The van der Waals surface area contributed by atoms with E-state index in [4.69, 9.17) is 4.74 Å². The topological polar surface area (TPSA) is 96.0 Å². The van der Waals surface area contributed by atoms with E-state index in [2.05, 4.69) is 5.32 Å². The summed E-state index contributed by atoms with van der Waals surface area (Å²) < 4.78 is 47.0. The number of hydrogen-bond donors (Lipinski definition) is 1. The molecular formula is C27H30FN3O5S. The zero-order valence-electron chi connectivity index (χ0n) is 20.9. The molecule has 0 heterocycles. The molecule has 0 spiro atoms. The number of halogens is 1. The fourth-order valence-electron chi connectivity index (χ4n) is 3.79. The minimum absolute atomic E-state index is 0.0689. The van der Waals surface area contributed by atoms with Gasteiger partial charge in [-0.05, 0) is 67.4 Å². The first kappa shape index (κ1) is 27.7. The van der Waals surface area contributed by atoms with Crippen molar-refractivity contribution in [1.29, 1.82) is 0 Å². The van der Waals surface area contributed by atoms with Gasteiger partial charge in [-0.3, -0.25) is 13.9 Å². The third-order valence-electron chi connectivity index (χ3n) is 5.94. The number of carbonyl (C=O) groups is 2. The second kappa shape index (κ2) is 12.4. The second-order valence-electron chi connectivity index (χ2n) is 8.28. The molecule has 0 aliphatic heterocycles. The highest BCUT2D eigenvalue weighted by atomic mass is 32.2. The molecule has 196 valence electrons. The molecule has 3 rings (SSSR count). The lowest BCUT2D eigenvalue weighted by Gasteiger charge is -2.31. The first-order valence-corrected chi connectivity index (χ1v) is 13.1. The molecule has 2 amide bonds. The first-order chi connectivity index (χ1) is 17.7. The van der Waals surface area contributed by atoms with Gasteiger partial charge in [-0.25, -0.2) is 12.8 Å². The summed E-state index contributed by atoms with van der Waals surface area (Å²) in [4.78, 5) is 27.3. The number of sulfonamides is 1. The zero-order valence-corrected chi connectivity index (χ0v) is 21.7. The third kappa shape index (κ3) is 6.85. The van der Waals surface area contributed by atoms with Gasteiger partial charge in [-0.1, -0.05) is 30.3 Å². The number of amides is 2. The van der Waals surface area contributed by atoms with Crippen molar-refractivity contribution in [3.8, 4) is 5.75 Å². The Labute approximate surface area is 216 Å². The molecule has 37 heavy (non-hydrogen) atoms. The molecule has 8 nitrogen and oxygen atoms in total. The van der Waals surface area contributed by atoms with Gasteiger partial charge in [0.2, 0.25) is 11.8 Å². The van der Waals surface area contributed by atoms with Crippen molar-refractivity contribution in [2.45, 2.75) is 24.3 Å². The third-order valence-corrected chi connectivity index (χ3v) is 7.73. The van der Waals surface area contributed by atoms with Gasteiger partial charge in [-0.15, -0.1) is 0 Å². The molecule has 0 unspecified atom stereocenters. The smallest absolute Gasteiger partial charge is 0.264 e. The molecule has 0 fully saturated rings. The van der Waals surface area contributed by atoms with E-state index in [9.17, 15) is 22.4 Å². The van der Waals surface area contributed by atoms with Crippen LogP contribution in [-0.4, -0.2) is 58.4 Å². The summed E-state index contributed by atoms with van der Waals surface area (Å²) in [6.45, 7) is 1.19. The van der Waals surface area contributed by atoms with E-state index in [0.29, 0.717) is 12.2 Å². The molecule has 0 aliphatic rings. The summed E-state index contributed by atoms with van der Waals surface area (Å²) in [5.74, 6) is -1.04. The predicted molar refractivity (Wildman–Crippen MR) is 139 cm³/mol. The molecule has 0 aliphatic carbocycles. The maximum atomic E-state index is 13.7. The standard InChI is InChI=1S/C27H30FN3O5S/c1-20(27(33)29-2)30(18-17-21-7-5-4-6-8-21)26(32)19-31(23-11-9-22(28)10-12-23)37(34,35)25-15-13-24(36-3)14-16-25/h4-16,20H,17-19H2,1-3H3,(H,29,33)/t20-/m0/s1. The predicted octanol–water partition coefficient (Wildman–Crippen LogP) is 3.24. The molecular weight excluding hydrogens is 497 g/mol. The Morgan fingerprint density at radius 1 is 0.973 bits per heavy atom. The Bertz CT molecular complexity index is 1300. The largest absolute Gasteiger partial charge is 0.497 e. The van der Waals surface area contributed by atoms with Crippen LogP contribution in [0.4, 0.5) is 10.1 Å².